The molecular formula is C18H21N3O3S. The van der Waals surface area contributed by atoms with E-state index in [4.69, 9.17) is 0 Å². The molecule has 3 amide bonds. The molecule has 0 unspecified atom stereocenters. The van der Waals surface area contributed by atoms with Gasteiger partial charge in [-0.05, 0) is 29.1 Å². The fourth-order valence-corrected chi connectivity index (χ4v) is 2.73. The molecular weight excluding hydrogens is 338 g/mol. The van der Waals surface area contributed by atoms with Gasteiger partial charge in [-0.2, -0.15) is 11.3 Å². The second kappa shape index (κ2) is 8.98. The molecule has 2 rings (SSSR count). The zero-order valence-electron chi connectivity index (χ0n) is 14.2. The van der Waals surface area contributed by atoms with E-state index in [0.717, 1.165) is 5.56 Å². The van der Waals surface area contributed by atoms with E-state index in [1.165, 1.54) is 16.2 Å². The lowest BCUT2D eigenvalue weighted by Crippen LogP contribution is -2.30. The summed E-state index contributed by atoms with van der Waals surface area (Å²) in [6.07, 6.45) is 0.215. The first-order valence-electron chi connectivity index (χ1n) is 7.85. The molecule has 6 nitrogen and oxygen atoms in total. The van der Waals surface area contributed by atoms with Crippen LogP contribution < -0.4 is 10.6 Å². The van der Waals surface area contributed by atoms with Crippen molar-refractivity contribution in [1.82, 2.24) is 15.5 Å². The minimum absolute atomic E-state index is 0.0584. The third-order valence-corrected chi connectivity index (χ3v) is 4.20. The first-order chi connectivity index (χ1) is 12.0. The van der Waals surface area contributed by atoms with Crippen LogP contribution in [0.15, 0.2) is 41.1 Å². The number of carbonyl (C=O) groups excluding carboxylic acids is 3. The van der Waals surface area contributed by atoms with Crippen molar-refractivity contribution in [3.63, 3.8) is 0 Å². The van der Waals surface area contributed by atoms with Gasteiger partial charge in [0.25, 0.3) is 11.8 Å². The van der Waals surface area contributed by atoms with E-state index in [0.29, 0.717) is 17.7 Å². The molecule has 0 saturated carbocycles. The van der Waals surface area contributed by atoms with Crippen LogP contribution in [0.3, 0.4) is 0 Å². The zero-order valence-corrected chi connectivity index (χ0v) is 15.1. The molecule has 25 heavy (non-hydrogen) atoms. The van der Waals surface area contributed by atoms with Crippen molar-refractivity contribution in [2.45, 2.75) is 13.0 Å². The number of amides is 3. The monoisotopic (exact) mass is 359 g/mol. The largest absolute Gasteiger partial charge is 0.352 e. The molecule has 1 aromatic heterocycles. The van der Waals surface area contributed by atoms with Gasteiger partial charge in [-0.15, -0.1) is 0 Å². The molecule has 2 aromatic rings. The Morgan fingerprint density at radius 3 is 2.32 bits per heavy atom. The van der Waals surface area contributed by atoms with Crippen molar-refractivity contribution in [3.8, 4) is 0 Å². The van der Waals surface area contributed by atoms with Crippen molar-refractivity contribution in [3.05, 3.63) is 57.8 Å². The quantitative estimate of drug-likeness (QED) is 0.792. The lowest BCUT2D eigenvalue weighted by atomic mass is 10.1. The van der Waals surface area contributed by atoms with Gasteiger partial charge in [-0.25, -0.2) is 0 Å². The summed E-state index contributed by atoms with van der Waals surface area (Å²) < 4.78 is 0. The second-order valence-corrected chi connectivity index (χ2v) is 6.47. The lowest BCUT2D eigenvalue weighted by Gasteiger charge is -2.11. The van der Waals surface area contributed by atoms with E-state index in [9.17, 15) is 14.4 Å². The number of hydrogen-bond acceptors (Lipinski definition) is 4. The van der Waals surface area contributed by atoms with Crippen LogP contribution in [0.4, 0.5) is 0 Å². The first-order valence-corrected chi connectivity index (χ1v) is 8.79. The highest BCUT2D eigenvalue weighted by Crippen LogP contribution is 2.07. The van der Waals surface area contributed by atoms with Gasteiger partial charge in [0.05, 0.1) is 0 Å². The number of rotatable bonds is 7. The summed E-state index contributed by atoms with van der Waals surface area (Å²) in [5, 5.41) is 9.10. The van der Waals surface area contributed by atoms with Gasteiger partial charge in [0.2, 0.25) is 5.91 Å². The molecule has 1 aromatic carbocycles. The maximum Gasteiger partial charge on any atom is 0.253 e. The molecule has 0 aliphatic heterocycles. The Bertz CT molecular complexity index is 725. The fourth-order valence-electron chi connectivity index (χ4n) is 2.10. The minimum Gasteiger partial charge on any atom is -0.352 e. The summed E-state index contributed by atoms with van der Waals surface area (Å²) in [7, 11) is 3.40. The molecule has 7 heteroatoms. The number of benzene rings is 1. The Balaban J connectivity index is 1.71. The normalized spacial score (nSPS) is 10.2. The smallest absolute Gasteiger partial charge is 0.253 e. The van der Waals surface area contributed by atoms with Crippen LogP contribution in [0, 0.1) is 0 Å². The predicted octanol–water partition coefficient (Wildman–Crippen LogP) is 1.89. The Morgan fingerprint density at radius 1 is 1.00 bits per heavy atom. The van der Waals surface area contributed by atoms with Crippen molar-refractivity contribution < 1.29 is 14.4 Å². The summed E-state index contributed by atoms with van der Waals surface area (Å²) in [6, 6.07) is 8.85. The number of hydrogen-bond donors (Lipinski definition) is 2. The standard InChI is InChI=1S/C18H21N3O3S/c1-21(2)18(24)14-5-3-13(4-6-14)11-20-16(22)7-9-19-17(23)15-8-10-25-12-15/h3-6,8,10,12H,7,9,11H2,1-2H3,(H,19,23)(H,20,22). The zero-order chi connectivity index (χ0) is 18.2. The molecule has 0 atom stereocenters. The van der Waals surface area contributed by atoms with E-state index in [2.05, 4.69) is 10.6 Å². The second-order valence-electron chi connectivity index (χ2n) is 5.69. The number of nitrogens with one attached hydrogen (secondary N) is 2. The lowest BCUT2D eigenvalue weighted by molar-refractivity contribution is -0.121. The van der Waals surface area contributed by atoms with Crippen LogP contribution in [-0.4, -0.2) is 43.3 Å². The molecule has 132 valence electrons. The highest BCUT2D eigenvalue weighted by atomic mass is 32.1. The highest BCUT2D eigenvalue weighted by molar-refractivity contribution is 7.08. The fraction of sp³-hybridized carbons (Fsp3) is 0.278. The van der Waals surface area contributed by atoms with Crippen molar-refractivity contribution >= 4 is 29.1 Å². The summed E-state index contributed by atoms with van der Waals surface area (Å²) in [5.74, 6) is -0.369. The van der Waals surface area contributed by atoms with Crippen LogP contribution in [0.5, 0.6) is 0 Å². The molecule has 1 heterocycles. The Hall–Kier alpha value is -2.67. The number of thiophene rings is 1. The van der Waals surface area contributed by atoms with Gasteiger partial charge < -0.3 is 15.5 Å². The average molecular weight is 359 g/mol. The maximum absolute atomic E-state index is 11.8. The molecule has 0 bridgehead atoms. The molecule has 0 saturated heterocycles. The summed E-state index contributed by atoms with van der Waals surface area (Å²) >= 11 is 1.45. The third kappa shape index (κ3) is 5.72. The highest BCUT2D eigenvalue weighted by Gasteiger charge is 2.08. The topological polar surface area (TPSA) is 78.5 Å². The molecule has 0 radical (unpaired) electrons. The third-order valence-electron chi connectivity index (χ3n) is 3.52. The number of carbonyl (C=O) groups is 3. The van der Waals surface area contributed by atoms with Gasteiger partial charge in [0.1, 0.15) is 0 Å². The summed E-state index contributed by atoms with van der Waals surface area (Å²) in [4.78, 5) is 36.9. The van der Waals surface area contributed by atoms with E-state index in [1.807, 2.05) is 17.5 Å². The van der Waals surface area contributed by atoms with Crippen LogP contribution in [0.25, 0.3) is 0 Å². The summed E-state index contributed by atoms with van der Waals surface area (Å²) in [6.45, 7) is 0.671. The van der Waals surface area contributed by atoms with Gasteiger partial charge in [0.15, 0.2) is 0 Å². The van der Waals surface area contributed by atoms with Gasteiger partial charge >= 0.3 is 0 Å². The van der Waals surface area contributed by atoms with Crippen molar-refractivity contribution in [1.29, 1.82) is 0 Å². The number of nitrogens with zero attached hydrogens (tertiary/aromatic N) is 1. The van der Waals surface area contributed by atoms with Crippen LogP contribution in [0.1, 0.15) is 32.7 Å². The van der Waals surface area contributed by atoms with E-state index in [1.54, 1.807) is 37.7 Å². The SMILES string of the molecule is CN(C)C(=O)c1ccc(CNC(=O)CCNC(=O)c2ccsc2)cc1. The minimum atomic E-state index is -0.171. The van der Waals surface area contributed by atoms with Gasteiger partial charge in [-0.3, -0.25) is 14.4 Å². The van der Waals surface area contributed by atoms with E-state index in [-0.39, 0.29) is 30.7 Å². The van der Waals surface area contributed by atoms with Gasteiger partial charge in [0, 0.05) is 50.1 Å². The van der Waals surface area contributed by atoms with Crippen LogP contribution in [-0.2, 0) is 11.3 Å². The van der Waals surface area contributed by atoms with Crippen LogP contribution in [0.2, 0.25) is 0 Å². The summed E-state index contributed by atoms with van der Waals surface area (Å²) in [5.41, 5.74) is 2.12. The Morgan fingerprint density at radius 2 is 1.72 bits per heavy atom. The maximum atomic E-state index is 11.8. The predicted molar refractivity (Wildman–Crippen MR) is 97.6 cm³/mol. The van der Waals surface area contributed by atoms with Gasteiger partial charge in [-0.1, -0.05) is 12.1 Å². The van der Waals surface area contributed by atoms with Crippen molar-refractivity contribution in [2.24, 2.45) is 0 Å². The van der Waals surface area contributed by atoms with Crippen LogP contribution >= 0.6 is 11.3 Å². The molecule has 2 N–H and O–H groups in total. The Labute approximate surface area is 150 Å². The van der Waals surface area contributed by atoms with E-state index >= 15 is 0 Å². The van der Waals surface area contributed by atoms with Crippen molar-refractivity contribution in [2.75, 3.05) is 20.6 Å². The van der Waals surface area contributed by atoms with E-state index < -0.39 is 0 Å². The molecule has 0 aliphatic rings. The molecule has 0 fully saturated rings. The first kappa shape index (κ1) is 18.7. The molecule has 0 spiro atoms. The Kier molecular flexibility index (Phi) is 6.71. The molecule has 0 aliphatic carbocycles. The average Bonchev–Trinajstić information content (AvgIpc) is 3.14.